The van der Waals surface area contributed by atoms with Crippen LogP contribution in [-0.2, 0) is 16.6 Å². The van der Waals surface area contributed by atoms with Gasteiger partial charge in [-0.1, -0.05) is 5.16 Å². The van der Waals surface area contributed by atoms with Gasteiger partial charge in [0.2, 0.25) is 15.9 Å². The fraction of sp³-hybridized carbons (Fsp3) is 0.273. The number of aromatic nitrogens is 3. The molecule has 0 aliphatic rings. The van der Waals surface area contributed by atoms with Gasteiger partial charge in [-0.25, -0.2) is 18.2 Å². The van der Waals surface area contributed by atoms with Gasteiger partial charge in [0.15, 0.2) is 11.5 Å². The Morgan fingerprint density at radius 1 is 1.48 bits per heavy atom. The molecule has 0 saturated carbocycles. The zero-order valence-electron chi connectivity index (χ0n) is 11.2. The van der Waals surface area contributed by atoms with E-state index in [1.807, 2.05) is 0 Å². The summed E-state index contributed by atoms with van der Waals surface area (Å²) in [4.78, 5) is 18.2. The molecule has 0 fully saturated rings. The van der Waals surface area contributed by atoms with Crippen molar-refractivity contribution in [1.29, 1.82) is 0 Å². The largest absolute Gasteiger partial charge is 0.476 e. The van der Waals surface area contributed by atoms with Gasteiger partial charge in [-0.3, -0.25) is 0 Å². The van der Waals surface area contributed by atoms with Crippen molar-refractivity contribution in [1.82, 2.24) is 19.4 Å². The lowest BCUT2D eigenvalue weighted by Gasteiger charge is -2.15. The Hall–Kier alpha value is -2.33. The molecule has 0 unspecified atom stereocenters. The minimum atomic E-state index is -4.04. The number of sulfonamides is 1. The average Bonchev–Trinajstić information content (AvgIpc) is 2.84. The quantitative estimate of drug-likeness (QED) is 0.834. The molecule has 2 aromatic heterocycles. The third-order valence-corrected chi connectivity index (χ3v) is 4.42. The number of aromatic carboxylic acids is 1. The Morgan fingerprint density at radius 3 is 2.76 bits per heavy atom. The molecule has 0 aliphatic carbocycles. The maximum Gasteiger partial charge on any atom is 0.355 e. The van der Waals surface area contributed by atoms with E-state index in [0.717, 1.165) is 4.31 Å². The fourth-order valence-corrected chi connectivity index (χ4v) is 2.86. The van der Waals surface area contributed by atoms with Gasteiger partial charge in [-0.15, -0.1) is 0 Å². The molecule has 9 nitrogen and oxygen atoms in total. The van der Waals surface area contributed by atoms with Crippen molar-refractivity contribution in [2.24, 2.45) is 0 Å². The zero-order chi connectivity index (χ0) is 15.6. The average molecular weight is 312 g/mol. The summed E-state index contributed by atoms with van der Waals surface area (Å²) < 4.78 is 30.6. The Morgan fingerprint density at radius 2 is 2.19 bits per heavy atom. The van der Waals surface area contributed by atoms with E-state index in [2.05, 4.69) is 15.1 Å². The summed E-state index contributed by atoms with van der Waals surface area (Å²) in [5.74, 6) is -0.932. The molecule has 0 saturated heterocycles. The maximum absolute atomic E-state index is 12.4. The molecule has 0 bridgehead atoms. The van der Waals surface area contributed by atoms with Crippen LogP contribution in [0.15, 0.2) is 27.7 Å². The Bertz CT molecular complexity index is 770. The van der Waals surface area contributed by atoms with Gasteiger partial charge in [-0.2, -0.15) is 9.29 Å². The van der Waals surface area contributed by atoms with Crippen molar-refractivity contribution in [2.45, 2.75) is 18.4 Å². The van der Waals surface area contributed by atoms with Crippen LogP contribution in [0.25, 0.3) is 0 Å². The summed E-state index contributed by atoms with van der Waals surface area (Å²) in [5, 5.41) is 12.6. The summed E-state index contributed by atoms with van der Waals surface area (Å²) >= 11 is 0. The third-order valence-electron chi connectivity index (χ3n) is 2.59. The van der Waals surface area contributed by atoms with Crippen molar-refractivity contribution in [3.8, 4) is 0 Å². The number of carbonyl (C=O) groups is 1. The summed E-state index contributed by atoms with van der Waals surface area (Å²) in [7, 11) is -2.76. The summed E-state index contributed by atoms with van der Waals surface area (Å²) in [6.07, 6.45) is 1.21. The van der Waals surface area contributed by atoms with Crippen LogP contribution in [0.4, 0.5) is 0 Å². The second-order valence-electron chi connectivity index (χ2n) is 4.15. The Labute approximate surface area is 120 Å². The number of carboxylic acid groups (broad SMARTS) is 1. The van der Waals surface area contributed by atoms with E-state index >= 15 is 0 Å². The van der Waals surface area contributed by atoms with E-state index in [9.17, 15) is 13.2 Å². The van der Waals surface area contributed by atoms with Gasteiger partial charge >= 0.3 is 5.97 Å². The molecule has 1 N–H and O–H groups in total. The van der Waals surface area contributed by atoms with Crippen LogP contribution < -0.4 is 0 Å². The van der Waals surface area contributed by atoms with Gasteiger partial charge < -0.3 is 9.63 Å². The van der Waals surface area contributed by atoms with Crippen LogP contribution in [0.2, 0.25) is 0 Å². The molecule has 2 heterocycles. The Balaban J connectivity index is 2.35. The number of pyridine rings is 1. The first-order valence-corrected chi connectivity index (χ1v) is 7.20. The maximum atomic E-state index is 12.4. The predicted molar refractivity (Wildman–Crippen MR) is 68.9 cm³/mol. The lowest BCUT2D eigenvalue weighted by atomic mass is 10.3. The second kappa shape index (κ2) is 5.58. The van der Waals surface area contributed by atoms with E-state index in [1.165, 1.54) is 25.4 Å². The molecule has 112 valence electrons. The highest BCUT2D eigenvalue weighted by Crippen LogP contribution is 2.19. The first kappa shape index (κ1) is 15.1. The van der Waals surface area contributed by atoms with E-state index in [4.69, 9.17) is 9.63 Å². The van der Waals surface area contributed by atoms with Gasteiger partial charge in [0.05, 0.1) is 6.54 Å². The van der Waals surface area contributed by atoms with Gasteiger partial charge in [0.1, 0.15) is 4.90 Å². The first-order chi connectivity index (χ1) is 9.82. The van der Waals surface area contributed by atoms with E-state index in [-0.39, 0.29) is 12.4 Å². The molecule has 0 atom stereocenters. The highest BCUT2D eigenvalue weighted by Gasteiger charge is 2.28. The zero-order valence-corrected chi connectivity index (χ0v) is 12.0. The van der Waals surface area contributed by atoms with E-state index in [0.29, 0.717) is 5.82 Å². The number of nitrogens with zero attached hydrogens (tertiary/aromatic N) is 4. The van der Waals surface area contributed by atoms with Crippen LogP contribution in [0.5, 0.6) is 0 Å². The van der Waals surface area contributed by atoms with Crippen LogP contribution in [0.1, 0.15) is 22.2 Å². The lowest BCUT2D eigenvalue weighted by molar-refractivity contribution is 0.0685. The highest BCUT2D eigenvalue weighted by atomic mass is 32.2. The topological polar surface area (TPSA) is 126 Å². The van der Waals surface area contributed by atoms with Crippen LogP contribution in [0.3, 0.4) is 0 Å². The standard InChI is InChI=1S/C11H12N4O5S/c1-7-13-9(20-14-7)6-15(2)21(18,19)8-4-3-5-12-10(8)11(16)17/h3-5H,6H2,1-2H3,(H,16,17). The van der Waals surface area contributed by atoms with Crippen molar-refractivity contribution in [2.75, 3.05) is 7.05 Å². The third kappa shape index (κ3) is 3.06. The van der Waals surface area contributed by atoms with Crippen molar-refractivity contribution < 1.29 is 22.8 Å². The number of rotatable bonds is 5. The summed E-state index contributed by atoms with van der Waals surface area (Å²) in [6.45, 7) is 1.43. The highest BCUT2D eigenvalue weighted by molar-refractivity contribution is 7.89. The fourth-order valence-electron chi connectivity index (χ4n) is 1.61. The minimum Gasteiger partial charge on any atom is -0.476 e. The number of aryl methyl sites for hydroxylation is 1. The predicted octanol–water partition coefficient (Wildman–Crippen LogP) is 0.292. The molecule has 0 spiro atoms. The second-order valence-corrected chi connectivity index (χ2v) is 6.17. The molecular weight excluding hydrogens is 300 g/mol. The number of hydrogen-bond acceptors (Lipinski definition) is 7. The molecule has 2 aromatic rings. The normalized spacial score (nSPS) is 11.8. The summed E-state index contributed by atoms with van der Waals surface area (Å²) in [5.41, 5.74) is -0.536. The molecule has 2 rings (SSSR count). The molecule has 0 radical (unpaired) electrons. The van der Waals surface area contributed by atoms with E-state index < -0.39 is 26.6 Å². The van der Waals surface area contributed by atoms with E-state index in [1.54, 1.807) is 6.92 Å². The first-order valence-electron chi connectivity index (χ1n) is 5.76. The van der Waals surface area contributed by atoms with Crippen molar-refractivity contribution in [3.05, 3.63) is 35.7 Å². The van der Waals surface area contributed by atoms with Gasteiger partial charge in [-0.05, 0) is 19.1 Å². The van der Waals surface area contributed by atoms with Crippen LogP contribution in [-0.4, -0.2) is 46.0 Å². The molecule has 0 aromatic carbocycles. The Kier molecular flexibility index (Phi) is 4.00. The molecule has 0 amide bonds. The minimum absolute atomic E-state index is 0.111. The number of hydrogen-bond donors (Lipinski definition) is 1. The van der Waals surface area contributed by atoms with Crippen LogP contribution in [0, 0.1) is 6.92 Å². The lowest BCUT2D eigenvalue weighted by Crippen LogP contribution is -2.28. The molecule has 10 heteroatoms. The van der Waals surface area contributed by atoms with Gasteiger partial charge in [0.25, 0.3) is 0 Å². The van der Waals surface area contributed by atoms with Gasteiger partial charge in [0, 0.05) is 13.2 Å². The molecular formula is C11H12N4O5S. The molecule has 21 heavy (non-hydrogen) atoms. The molecule has 0 aliphatic heterocycles. The smallest absolute Gasteiger partial charge is 0.355 e. The van der Waals surface area contributed by atoms with Crippen LogP contribution >= 0.6 is 0 Å². The monoisotopic (exact) mass is 312 g/mol. The van der Waals surface area contributed by atoms with Crippen molar-refractivity contribution in [3.63, 3.8) is 0 Å². The summed E-state index contributed by atoms with van der Waals surface area (Å²) in [6, 6.07) is 2.53. The number of carboxylic acids is 1. The van der Waals surface area contributed by atoms with Crippen molar-refractivity contribution >= 4 is 16.0 Å². The SMILES string of the molecule is Cc1noc(CN(C)S(=O)(=O)c2cccnc2C(=O)O)n1.